The summed E-state index contributed by atoms with van der Waals surface area (Å²) in [6, 6.07) is 1.85. The number of aromatic nitrogens is 5. The molecule has 0 amide bonds. The highest BCUT2D eigenvalue weighted by atomic mass is 15.3. The van der Waals surface area contributed by atoms with Crippen molar-refractivity contribution in [1.82, 2.24) is 40.3 Å². The molecule has 1 aliphatic heterocycles. The molecule has 0 radical (unpaired) electrons. The fourth-order valence-electron chi connectivity index (χ4n) is 3.39. The van der Waals surface area contributed by atoms with Crippen LogP contribution in [0.25, 0.3) is 0 Å². The van der Waals surface area contributed by atoms with Crippen molar-refractivity contribution in [3.63, 3.8) is 0 Å². The van der Waals surface area contributed by atoms with Crippen LogP contribution in [0.2, 0.25) is 0 Å². The molecule has 0 unspecified atom stereocenters. The third-order valence-corrected chi connectivity index (χ3v) is 5.03. The van der Waals surface area contributed by atoms with Gasteiger partial charge in [0.2, 0.25) is 5.95 Å². The van der Waals surface area contributed by atoms with Crippen LogP contribution in [0.4, 0.5) is 5.95 Å². The molecule has 2 aromatic heterocycles. The lowest BCUT2D eigenvalue weighted by atomic mass is 10.3. The van der Waals surface area contributed by atoms with Crippen LogP contribution in [0.1, 0.15) is 19.2 Å². The predicted octanol–water partition coefficient (Wildman–Crippen LogP) is 0.00780. The number of anilines is 1. The van der Waals surface area contributed by atoms with Gasteiger partial charge >= 0.3 is 0 Å². The molecule has 10 heteroatoms. The summed E-state index contributed by atoms with van der Waals surface area (Å²) in [4.78, 5) is 17.7. The molecule has 0 spiro atoms. The van der Waals surface area contributed by atoms with Gasteiger partial charge in [0, 0.05) is 71.7 Å². The number of hydrogen-bond acceptors (Lipinski definition) is 7. The second-order valence-corrected chi connectivity index (χ2v) is 6.95. The van der Waals surface area contributed by atoms with Gasteiger partial charge in [0.1, 0.15) is 12.2 Å². The highest BCUT2D eigenvalue weighted by Crippen LogP contribution is 2.09. The second-order valence-electron chi connectivity index (χ2n) is 6.95. The standard InChI is InChI=1S/C19H32N10/c1-3-17-26-25-16-29(17)11-9-22-18(20-2)21-8-5-10-27-12-14-28(15-13-27)19-23-6-4-7-24-19/h4,6-7,16H,3,5,8-15H2,1-2H3,(H2,20,21,22). The first-order valence-corrected chi connectivity index (χ1v) is 10.4. The van der Waals surface area contributed by atoms with E-state index in [0.717, 1.165) is 82.9 Å². The highest BCUT2D eigenvalue weighted by molar-refractivity contribution is 5.79. The van der Waals surface area contributed by atoms with E-state index in [0.29, 0.717) is 0 Å². The van der Waals surface area contributed by atoms with Crippen molar-refractivity contribution in [2.45, 2.75) is 26.3 Å². The Morgan fingerprint density at radius 1 is 1.07 bits per heavy atom. The average Bonchev–Trinajstić information content (AvgIpc) is 3.24. The van der Waals surface area contributed by atoms with Gasteiger partial charge < -0.3 is 20.1 Å². The number of guanidine groups is 1. The van der Waals surface area contributed by atoms with Crippen molar-refractivity contribution in [3.8, 4) is 0 Å². The first-order valence-electron chi connectivity index (χ1n) is 10.4. The maximum atomic E-state index is 4.34. The maximum absolute atomic E-state index is 4.34. The molecule has 3 rings (SSSR count). The molecule has 10 nitrogen and oxygen atoms in total. The minimum Gasteiger partial charge on any atom is -0.356 e. The van der Waals surface area contributed by atoms with Gasteiger partial charge in [0.15, 0.2) is 5.96 Å². The van der Waals surface area contributed by atoms with Gasteiger partial charge in [-0.1, -0.05) is 6.92 Å². The lowest BCUT2D eigenvalue weighted by molar-refractivity contribution is 0.254. The normalized spacial score (nSPS) is 15.5. The summed E-state index contributed by atoms with van der Waals surface area (Å²) in [6.45, 7) is 9.72. The monoisotopic (exact) mass is 400 g/mol. The summed E-state index contributed by atoms with van der Waals surface area (Å²) in [7, 11) is 1.80. The third kappa shape index (κ3) is 6.38. The molecule has 29 heavy (non-hydrogen) atoms. The maximum Gasteiger partial charge on any atom is 0.225 e. The summed E-state index contributed by atoms with van der Waals surface area (Å²) in [6.07, 6.45) is 7.35. The Hall–Kier alpha value is -2.75. The molecule has 0 aromatic carbocycles. The van der Waals surface area contributed by atoms with Gasteiger partial charge in [-0.05, 0) is 19.0 Å². The Morgan fingerprint density at radius 2 is 1.83 bits per heavy atom. The van der Waals surface area contributed by atoms with E-state index < -0.39 is 0 Å². The minimum atomic E-state index is 0.786. The summed E-state index contributed by atoms with van der Waals surface area (Å²) in [5, 5.41) is 14.8. The number of piperazine rings is 1. The predicted molar refractivity (Wildman–Crippen MR) is 114 cm³/mol. The smallest absolute Gasteiger partial charge is 0.225 e. The van der Waals surface area contributed by atoms with Crippen LogP contribution in [0, 0.1) is 0 Å². The quantitative estimate of drug-likeness (QED) is 0.345. The highest BCUT2D eigenvalue weighted by Gasteiger charge is 2.18. The minimum absolute atomic E-state index is 0.786. The topological polar surface area (TPSA) is 99.4 Å². The SMILES string of the molecule is CCc1nncn1CCNC(=NC)NCCCN1CCN(c2ncccn2)CC1. The molecule has 0 aliphatic carbocycles. The van der Waals surface area contributed by atoms with E-state index in [1.807, 2.05) is 6.07 Å². The van der Waals surface area contributed by atoms with E-state index in [1.54, 1.807) is 25.8 Å². The van der Waals surface area contributed by atoms with Crippen LogP contribution in [0.5, 0.6) is 0 Å². The van der Waals surface area contributed by atoms with Crippen LogP contribution in [-0.4, -0.2) is 88.5 Å². The Morgan fingerprint density at radius 3 is 2.55 bits per heavy atom. The summed E-state index contributed by atoms with van der Waals surface area (Å²) in [5.74, 6) is 2.68. The number of hydrogen-bond donors (Lipinski definition) is 2. The van der Waals surface area contributed by atoms with Crippen molar-refractivity contribution >= 4 is 11.9 Å². The van der Waals surface area contributed by atoms with Gasteiger partial charge in [0.25, 0.3) is 0 Å². The zero-order chi connectivity index (χ0) is 20.3. The van der Waals surface area contributed by atoms with Gasteiger partial charge in [-0.2, -0.15) is 0 Å². The van der Waals surface area contributed by atoms with E-state index in [1.165, 1.54) is 0 Å². The summed E-state index contributed by atoms with van der Waals surface area (Å²) in [5.41, 5.74) is 0. The van der Waals surface area contributed by atoms with Gasteiger partial charge in [-0.25, -0.2) is 9.97 Å². The van der Waals surface area contributed by atoms with E-state index in [2.05, 4.69) is 57.1 Å². The van der Waals surface area contributed by atoms with Crippen molar-refractivity contribution in [2.75, 3.05) is 57.8 Å². The van der Waals surface area contributed by atoms with E-state index in [9.17, 15) is 0 Å². The molecule has 1 aliphatic rings. The average molecular weight is 401 g/mol. The Bertz CT molecular complexity index is 736. The van der Waals surface area contributed by atoms with Gasteiger partial charge in [-0.3, -0.25) is 9.89 Å². The number of aryl methyl sites for hydroxylation is 1. The molecule has 158 valence electrons. The second kappa shape index (κ2) is 11.3. The molecular weight excluding hydrogens is 368 g/mol. The van der Waals surface area contributed by atoms with Crippen LogP contribution in [0.15, 0.2) is 29.8 Å². The van der Waals surface area contributed by atoms with E-state index >= 15 is 0 Å². The number of nitrogens with zero attached hydrogens (tertiary/aromatic N) is 8. The lowest BCUT2D eigenvalue weighted by Crippen LogP contribution is -2.47. The van der Waals surface area contributed by atoms with Crippen LogP contribution in [-0.2, 0) is 13.0 Å². The molecule has 0 atom stereocenters. The Kier molecular flexibility index (Phi) is 8.17. The van der Waals surface area contributed by atoms with E-state index in [-0.39, 0.29) is 0 Å². The van der Waals surface area contributed by atoms with Crippen molar-refractivity contribution in [3.05, 3.63) is 30.6 Å². The zero-order valence-electron chi connectivity index (χ0n) is 17.5. The van der Waals surface area contributed by atoms with Gasteiger partial charge in [-0.15, -0.1) is 10.2 Å². The van der Waals surface area contributed by atoms with Crippen LogP contribution < -0.4 is 15.5 Å². The number of aliphatic imine (C=N–C) groups is 1. The molecule has 3 heterocycles. The molecule has 2 aromatic rings. The third-order valence-electron chi connectivity index (χ3n) is 5.03. The Labute approximate surface area is 172 Å². The van der Waals surface area contributed by atoms with E-state index in [4.69, 9.17) is 0 Å². The molecule has 0 saturated carbocycles. The summed E-state index contributed by atoms with van der Waals surface area (Å²) < 4.78 is 2.07. The molecule has 2 N–H and O–H groups in total. The molecular formula is C19H32N10. The zero-order valence-corrected chi connectivity index (χ0v) is 17.5. The van der Waals surface area contributed by atoms with Crippen LogP contribution in [0.3, 0.4) is 0 Å². The Balaban J connectivity index is 1.28. The largest absolute Gasteiger partial charge is 0.356 e. The van der Waals surface area contributed by atoms with Crippen molar-refractivity contribution in [2.24, 2.45) is 4.99 Å². The first-order chi connectivity index (χ1) is 14.3. The van der Waals surface area contributed by atoms with Crippen LogP contribution >= 0.6 is 0 Å². The lowest BCUT2D eigenvalue weighted by Gasteiger charge is -2.34. The fraction of sp³-hybridized carbons (Fsp3) is 0.632. The van der Waals surface area contributed by atoms with Crippen molar-refractivity contribution in [1.29, 1.82) is 0 Å². The first kappa shape index (κ1) is 21.0. The number of nitrogens with one attached hydrogen (secondary N) is 2. The molecule has 1 saturated heterocycles. The van der Waals surface area contributed by atoms with Gasteiger partial charge in [0.05, 0.1) is 0 Å². The fourth-order valence-corrected chi connectivity index (χ4v) is 3.39. The number of rotatable bonds is 9. The summed E-state index contributed by atoms with van der Waals surface area (Å²) >= 11 is 0. The van der Waals surface area contributed by atoms with Crippen molar-refractivity contribution < 1.29 is 0 Å². The molecule has 1 fully saturated rings. The molecule has 0 bridgehead atoms.